The first-order chi connectivity index (χ1) is 13.1. The number of amides is 1. The third-order valence-electron chi connectivity index (χ3n) is 4.31. The van der Waals surface area contributed by atoms with Crippen LogP contribution >= 0.6 is 0 Å². The molecule has 0 saturated carbocycles. The van der Waals surface area contributed by atoms with Crippen LogP contribution in [0.1, 0.15) is 31.4 Å². The molecule has 1 heterocycles. The summed E-state index contributed by atoms with van der Waals surface area (Å²) in [7, 11) is 0. The summed E-state index contributed by atoms with van der Waals surface area (Å²) in [5, 5.41) is 3.75. The molecule has 0 aliphatic carbocycles. The van der Waals surface area contributed by atoms with Crippen molar-refractivity contribution in [3.8, 4) is 5.75 Å². The molecule has 5 nitrogen and oxygen atoms in total. The molecule has 0 aliphatic heterocycles. The van der Waals surface area contributed by atoms with Gasteiger partial charge in [0.25, 0.3) is 5.91 Å². The topological polar surface area (TPSA) is 68.5 Å². The molecule has 5 heteroatoms. The standard InChI is InChI=1S/C22H23NO4/c1-3-7-17-12-21(24)27-20-13-18(10-11-19(17)20)26-15(2)22(25)23-14-16-8-5-4-6-9-16/h4-6,8-13,15H,3,7,14H2,1-2H3,(H,23,25)/t15-/m1/s1. The summed E-state index contributed by atoms with van der Waals surface area (Å²) in [5.41, 5.74) is 2.08. The van der Waals surface area contributed by atoms with Gasteiger partial charge in [-0.15, -0.1) is 0 Å². The van der Waals surface area contributed by atoms with Gasteiger partial charge < -0.3 is 14.5 Å². The highest BCUT2D eigenvalue weighted by molar-refractivity contribution is 5.83. The van der Waals surface area contributed by atoms with Crippen LogP contribution in [0.5, 0.6) is 5.75 Å². The molecule has 1 atom stereocenters. The molecule has 3 rings (SSSR count). The summed E-state index contributed by atoms with van der Waals surface area (Å²) in [4.78, 5) is 24.0. The maximum Gasteiger partial charge on any atom is 0.336 e. The number of nitrogens with one attached hydrogen (secondary N) is 1. The molecule has 1 N–H and O–H groups in total. The highest BCUT2D eigenvalue weighted by atomic mass is 16.5. The number of hydrogen-bond acceptors (Lipinski definition) is 4. The fourth-order valence-corrected chi connectivity index (χ4v) is 2.95. The summed E-state index contributed by atoms with van der Waals surface area (Å²) in [5.74, 6) is 0.279. The van der Waals surface area contributed by atoms with Gasteiger partial charge in [-0.25, -0.2) is 4.79 Å². The molecular formula is C22H23NO4. The van der Waals surface area contributed by atoms with Gasteiger partial charge in [-0.05, 0) is 36.6 Å². The minimum absolute atomic E-state index is 0.208. The lowest BCUT2D eigenvalue weighted by Crippen LogP contribution is -2.35. The molecule has 140 valence electrons. The van der Waals surface area contributed by atoms with Gasteiger partial charge in [0.05, 0.1) is 0 Å². The lowest BCUT2D eigenvalue weighted by atomic mass is 10.1. The van der Waals surface area contributed by atoms with Crippen LogP contribution in [-0.2, 0) is 17.8 Å². The third kappa shape index (κ3) is 4.76. The van der Waals surface area contributed by atoms with Crippen LogP contribution in [0.3, 0.4) is 0 Å². The quantitative estimate of drug-likeness (QED) is 0.646. The van der Waals surface area contributed by atoms with Gasteiger partial charge in [0.15, 0.2) is 6.10 Å². The molecule has 0 saturated heterocycles. The summed E-state index contributed by atoms with van der Waals surface area (Å²) >= 11 is 0. The van der Waals surface area contributed by atoms with Crippen molar-refractivity contribution >= 4 is 16.9 Å². The SMILES string of the molecule is CCCc1cc(=O)oc2cc(O[C@H](C)C(=O)NCc3ccccc3)ccc12. The molecule has 2 aromatic carbocycles. The van der Waals surface area contributed by atoms with E-state index in [2.05, 4.69) is 12.2 Å². The van der Waals surface area contributed by atoms with Crippen LogP contribution in [0.15, 0.2) is 63.8 Å². The number of ether oxygens (including phenoxy) is 1. The molecular weight excluding hydrogens is 342 g/mol. The van der Waals surface area contributed by atoms with Gasteiger partial charge in [0.1, 0.15) is 11.3 Å². The van der Waals surface area contributed by atoms with Crippen molar-refractivity contribution in [2.45, 2.75) is 39.3 Å². The van der Waals surface area contributed by atoms with Crippen LogP contribution in [0.4, 0.5) is 0 Å². The highest BCUT2D eigenvalue weighted by Crippen LogP contribution is 2.24. The Morgan fingerprint density at radius 3 is 2.67 bits per heavy atom. The molecule has 1 aromatic heterocycles. The van der Waals surface area contributed by atoms with Crippen LogP contribution in [0.2, 0.25) is 0 Å². The van der Waals surface area contributed by atoms with Gasteiger partial charge in [-0.1, -0.05) is 43.7 Å². The van der Waals surface area contributed by atoms with Gasteiger partial charge in [-0.3, -0.25) is 4.79 Å². The lowest BCUT2D eigenvalue weighted by molar-refractivity contribution is -0.127. The number of carbonyl (C=O) groups excluding carboxylic acids is 1. The van der Waals surface area contributed by atoms with Crippen LogP contribution in [0, 0.1) is 0 Å². The summed E-state index contributed by atoms with van der Waals surface area (Å²) < 4.78 is 11.0. The van der Waals surface area contributed by atoms with E-state index in [9.17, 15) is 9.59 Å². The average Bonchev–Trinajstić information content (AvgIpc) is 2.66. The molecule has 0 unspecified atom stereocenters. The van der Waals surface area contributed by atoms with Crippen LogP contribution < -0.4 is 15.7 Å². The summed E-state index contributed by atoms with van der Waals surface area (Å²) in [6.07, 6.45) is 1.08. The Labute approximate surface area is 158 Å². The number of carbonyl (C=O) groups is 1. The van der Waals surface area contributed by atoms with Gasteiger partial charge in [-0.2, -0.15) is 0 Å². The second-order valence-corrected chi connectivity index (χ2v) is 6.46. The Hall–Kier alpha value is -3.08. The zero-order valence-electron chi connectivity index (χ0n) is 15.5. The highest BCUT2D eigenvalue weighted by Gasteiger charge is 2.15. The van der Waals surface area contributed by atoms with E-state index in [-0.39, 0.29) is 11.5 Å². The van der Waals surface area contributed by atoms with Crippen molar-refractivity contribution in [2.75, 3.05) is 0 Å². The predicted molar refractivity (Wildman–Crippen MR) is 105 cm³/mol. The minimum Gasteiger partial charge on any atom is -0.481 e. The Morgan fingerprint density at radius 2 is 1.93 bits per heavy atom. The number of hydrogen-bond donors (Lipinski definition) is 1. The molecule has 0 spiro atoms. The van der Waals surface area contributed by atoms with E-state index in [1.165, 1.54) is 6.07 Å². The zero-order valence-corrected chi connectivity index (χ0v) is 15.5. The van der Waals surface area contributed by atoms with Crippen molar-refractivity contribution in [3.05, 3.63) is 76.1 Å². The maximum atomic E-state index is 12.3. The minimum atomic E-state index is -0.670. The van der Waals surface area contributed by atoms with Crippen LogP contribution in [0.25, 0.3) is 11.0 Å². The number of aryl methyl sites for hydroxylation is 1. The zero-order chi connectivity index (χ0) is 19.2. The van der Waals surface area contributed by atoms with E-state index in [0.717, 1.165) is 29.4 Å². The van der Waals surface area contributed by atoms with E-state index in [4.69, 9.17) is 9.15 Å². The van der Waals surface area contributed by atoms with E-state index in [1.54, 1.807) is 19.1 Å². The molecule has 1 amide bonds. The largest absolute Gasteiger partial charge is 0.481 e. The van der Waals surface area contributed by atoms with E-state index in [1.807, 2.05) is 36.4 Å². The first kappa shape index (κ1) is 18.7. The fourth-order valence-electron chi connectivity index (χ4n) is 2.95. The first-order valence-electron chi connectivity index (χ1n) is 9.12. The molecule has 0 fully saturated rings. The predicted octanol–water partition coefficient (Wildman–Crippen LogP) is 3.83. The number of fused-ring (bicyclic) bond motifs is 1. The number of benzene rings is 2. The molecule has 0 radical (unpaired) electrons. The molecule has 0 aliphatic rings. The molecule has 27 heavy (non-hydrogen) atoms. The summed E-state index contributed by atoms with van der Waals surface area (Å²) in [6, 6.07) is 16.5. The van der Waals surface area contributed by atoms with Crippen molar-refractivity contribution in [2.24, 2.45) is 0 Å². The normalized spacial score (nSPS) is 11.9. The van der Waals surface area contributed by atoms with Crippen LogP contribution in [-0.4, -0.2) is 12.0 Å². The number of rotatable bonds is 7. The van der Waals surface area contributed by atoms with E-state index < -0.39 is 6.10 Å². The lowest BCUT2D eigenvalue weighted by Gasteiger charge is -2.15. The van der Waals surface area contributed by atoms with E-state index in [0.29, 0.717) is 17.9 Å². The van der Waals surface area contributed by atoms with Gasteiger partial charge >= 0.3 is 5.63 Å². The Morgan fingerprint density at radius 1 is 1.15 bits per heavy atom. The molecule has 3 aromatic rings. The average molecular weight is 365 g/mol. The summed E-state index contributed by atoms with van der Waals surface area (Å²) in [6.45, 7) is 4.20. The van der Waals surface area contributed by atoms with Crippen molar-refractivity contribution in [1.82, 2.24) is 5.32 Å². The first-order valence-corrected chi connectivity index (χ1v) is 9.12. The van der Waals surface area contributed by atoms with Gasteiger partial charge in [0, 0.05) is 24.1 Å². The molecule has 0 bridgehead atoms. The van der Waals surface area contributed by atoms with Crippen molar-refractivity contribution in [3.63, 3.8) is 0 Å². The van der Waals surface area contributed by atoms with Crippen molar-refractivity contribution < 1.29 is 13.9 Å². The fraction of sp³-hybridized carbons (Fsp3) is 0.273. The Kier molecular flexibility index (Phi) is 5.91. The smallest absolute Gasteiger partial charge is 0.336 e. The monoisotopic (exact) mass is 365 g/mol. The second-order valence-electron chi connectivity index (χ2n) is 6.46. The van der Waals surface area contributed by atoms with E-state index >= 15 is 0 Å². The second kappa shape index (κ2) is 8.54. The maximum absolute atomic E-state index is 12.3. The Balaban J connectivity index is 1.70. The third-order valence-corrected chi connectivity index (χ3v) is 4.31. The van der Waals surface area contributed by atoms with Gasteiger partial charge in [0.2, 0.25) is 0 Å². The van der Waals surface area contributed by atoms with Crippen molar-refractivity contribution in [1.29, 1.82) is 0 Å². The Bertz CT molecular complexity index is 979.